The van der Waals surface area contributed by atoms with Gasteiger partial charge in [0.2, 0.25) is 5.16 Å². The molecule has 0 saturated heterocycles. The van der Waals surface area contributed by atoms with Crippen molar-refractivity contribution in [3.05, 3.63) is 36.2 Å². The lowest BCUT2D eigenvalue weighted by atomic mass is 9.96. The number of para-hydroxylation sites is 1. The monoisotopic (exact) mass is 356 g/mol. The first kappa shape index (κ1) is 16.2. The van der Waals surface area contributed by atoms with E-state index in [1.54, 1.807) is 16.4 Å². The molecule has 25 heavy (non-hydrogen) atoms. The molecule has 0 aliphatic heterocycles. The van der Waals surface area contributed by atoms with Crippen molar-refractivity contribution < 1.29 is 0 Å². The van der Waals surface area contributed by atoms with Crippen LogP contribution in [0.25, 0.3) is 5.69 Å². The van der Waals surface area contributed by atoms with E-state index in [2.05, 4.69) is 38.0 Å². The van der Waals surface area contributed by atoms with Gasteiger partial charge in [0, 0.05) is 0 Å². The van der Waals surface area contributed by atoms with Crippen molar-refractivity contribution in [3.63, 3.8) is 0 Å². The number of rotatable bonds is 5. The third kappa shape index (κ3) is 3.41. The standard InChI is InChI=1S/C16H20N8S/c1-12(15-17-19-21-23(15)13-8-4-2-5-9-13)25-16-18-20-22-24(16)14-10-6-3-7-11-14/h2,4-5,8-9,12,14H,3,6-7,10-11H2,1H3/t12-/m1/s1. The van der Waals surface area contributed by atoms with Crippen LogP contribution in [-0.2, 0) is 0 Å². The predicted molar refractivity (Wildman–Crippen MR) is 93.4 cm³/mol. The number of hydrogen-bond donors (Lipinski definition) is 0. The summed E-state index contributed by atoms with van der Waals surface area (Å²) in [6.07, 6.45) is 6.10. The molecule has 3 aromatic rings. The van der Waals surface area contributed by atoms with Gasteiger partial charge in [0.15, 0.2) is 5.82 Å². The second-order valence-electron chi connectivity index (χ2n) is 6.24. The van der Waals surface area contributed by atoms with E-state index >= 15 is 0 Å². The molecule has 0 amide bonds. The van der Waals surface area contributed by atoms with Gasteiger partial charge in [0.25, 0.3) is 0 Å². The lowest BCUT2D eigenvalue weighted by Crippen LogP contribution is -2.15. The lowest BCUT2D eigenvalue weighted by Gasteiger charge is -2.22. The molecule has 1 aromatic carbocycles. The van der Waals surface area contributed by atoms with E-state index in [1.165, 1.54) is 19.3 Å². The van der Waals surface area contributed by atoms with Gasteiger partial charge >= 0.3 is 0 Å². The van der Waals surface area contributed by atoms with Gasteiger partial charge in [0.1, 0.15) is 0 Å². The molecule has 0 bridgehead atoms. The van der Waals surface area contributed by atoms with Crippen molar-refractivity contribution in [2.45, 2.75) is 55.5 Å². The molecule has 1 saturated carbocycles. The summed E-state index contributed by atoms with van der Waals surface area (Å²) < 4.78 is 3.75. The van der Waals surface area contributed by atoms with Crippen molar-refractivity contribution in [1.29, 1.82) is 0 Å². The van der Waals surface area contributed by atoms with Crippen molar-refractivity contribution in [2.24, 2.45) is 0 Å². The van der Waals surface area contributed by atoms with Crippen LogP contribution in [0.1, 0.15) is 56.1 Å². The highest BCUT2D eigenvalue weighted by Gasteiger charge is 2.24. The van der Waals surface area contributed by atoms with Gasteiger partial charge in [0.05, 0.1) is 17.0 Å². The van der Waals surface area contributed by atoms with Crippen LogP contribution in [-0.4, -0.2) is 40.4 Å². The normalized spacial score (nSPS) is 16.8. The van der Waals surface area contributed by atoms with E-state index in [1.807, 2.05) is 35.0 Å². The summed E-state index contributed by atoms with van der Waals surface area (Å²) in [5, 5.41) is 25.4. The third-order valence-corrected chi connectivity index (χ3v) is 5.57. The minimum absolute atomic E-state index is 0.0311. The highest BCUT2D eigenvalue weighted by atomic mass is 32.2. The summed E-state index contributed by atoms with van der Waals surface area (Å²) >= 11 is 1.60. The fourth-order valence-electron chi connectivity index (χ4n) is 3.23. The zero-order chi connectivity index (χ0) is 17.1. The summed E-state index contributed by atoms with van der Waals surface area (Å²) in [5.41, 5.74) is 0.946. The summed E-state index contributed by atoms with van der Waals surface area (Å²) in [6.45, 7) is 2.08. The summed E-state index contributed by atoms with van der Waals surface area (Å²) in [6, 6.07) is 10.3. The van der Waals surface area contributed by atoms with Crippen LogP contribution in [0.5, 0.6) is 0 Å². The minimum atomic E-state index is 0.0311. The smallest absolute Gasteiger partial charge is 0.210 e. The quantitative estimate of drug-likeness (QED) is 0.649. The largest absolute Gasteiger partial charge is 0.217 e. The average Bonchev–Trinajstić information content (AvgIpc) is 3.32. The topological polar surface area (TPSA) is 87.2 Å². The SMILES string of the molecule is C[C@@H](Sc1nnnn1C1CCCCC1)c1nnnn1-c1ccccc1. The maximum absolute atomic E-state index is 4.23. The Kier molecular flexibility index (Phi) is 4.73. The number of aromatic nitrogens is 8. The van der Waals surface area contributed by atoms with Crippen LogP contribution in [0.3, 0.4) is 0 Å². The van der Waals surface area contributed by atoms with Crippen LogP contribution < -0.4 is 0 Å². The van der Waals surface area contributed by atoms with Crippen molar-refractivity contribution in [1.82, 2.24) is 40.4 Å². The second-order valence-corrected chi connectivity index (χ2v) is 7.55. The van der Waals surface area contributed by atoms with E-state index < -0.39 is 0 Å². The third-order valence-electron chi connectivity index (χ3n) is 4.52. The Hall–Kier alpha value is -2.29. The van der Waals surface area contributed by atoms with Gasteiger partial charge in [-0.15, -0.1) is 10.2 Å². The molecule has 0 spiro atoms. The Balaban J connectivity index is 1.55. The highest BCUT2D eigenvalue weighted by molar-refractivity contribution is 7.99. The molecule has 1 atom stereocenters. The molecule has 0 N–H and O–H groups in total. The molecule has 8 nitrogen and oxygen atoms in total. The van der Waals surface area contributed by atoms with E-state index in [-0.39, 0.29) is 5.25 Å². The number of thioether (sulfide) groups is 1. The first-order valence-corrected chi connectivity index (χ1v) is 9.49. The highest BCUT2D eigenvalue weighted by Crippen LogP contribution is 2.36. The Morgan fingerprint density at radius 2 is 1.76 bits per heavy atom. The van der Waals surface area contributed by atoms with Gasteiger partial charge in [-0.1, -0.05) is 49.2 Å². The molecule has 1 aliphatic rings. The fraction of sp³-hybridized carbons (Fsp3) is 0.500. The molecule has 4 rings (SSSR count). The Bertz CT molecular complexity index is 808. The van der Waals surface area contributed by atoms with Gasteiger partial charge in [-0.25, -0.2) is 4.68 Å². The molecule has 1 fully saturated rings. The fourth-order valence-corrected chi connectivity index (χ4v) is 4.18. The molecule has 9 heteroatoms. The van der Waals surface area contributed by atoms with Crippen molar-refractivity contribution in [2.75, 3.05) is 0 Å². The molecule has 2 aromatic heterocycles. The average molecular weight is 356 g/mol. The summed E-state index contributed by atoms with van der Waals surface area (Å²) in [7, 11) is 0. The van der Waals surface area contributed by atoms with Gasteiger partial charge < -0.3 is 0 Å². The minimum Gasteiger partial charge on any atom is -0.217 e. The van der Waals surface area contributed by atoms with Crippen molar-refractivity contribution >= 4 is 11.8 Å². The van der Waals surface area contributed by atoms with Crippen LogP contribution >= 0.6 is 11.8 Å². The van der Waals surface area contributed by atoms with Crippen molar-refractivity contribution in [3.8, 4) is 5.69 Å². The Morgan fingerprint density at radius 3 is 2.56 bits per heavy atom. The van der Waals surface area contributed by atoms with E-state index in [4.69, 9.17) is 0 Å². The predicted octanol–water partition coefficient (Wildman–Crippen LogP) is 3.01. The Morgan fingerprint density at radius 1 is 1.00 bits per heavy atom. The molecular weight excluding hydrogens is 336 g/mol. The van der Waals surface area contributed by atoms with Crippen LogP contribution in [0.2, 0.25) is 0 Å². The first-order valence-electron chi connectivity index (χ1n) is 8.61. The van der Waals surface area contributed by atoms with E-state index in [0.717, 1.165) is 29.5 Å². The maximum atomic E-state index is 4.23. The van der Waals surface area contributed by atoms with Gasteiger partial charge in [-0.05, 0) is 52.8 Å². The maximum Gasteiger partial charge on any atom is 0.210 e. The van der Waals surface area contributed by atoms with Crippen LogP contribution in [0.15, 0.2) is 35.5 Å². The molecular formula is C16H20N8S. The number of tetrazole rings is 2. The van der Waals surface area contributed by atoms with Gasteiger partial charge in [-0.3, -0.25) is 0 Å². The lowest BCUT2D eigenvalue weighted by molar-refractivity contribution is 0.307. The molecule has 1 aliphatic carbocycles. The number of nitrogens with zero attached hydrogens (tertiary/aromatic N) is 8. The van der Waals surface area contributed by atoms with E-state index in [0.29, 0.717) is 6.04 Å². The molecule has 2 heterocycles. The molecule has 0 unspecified atom stereocenters. The first-order chi connectivity index (χ1) is 12.3. The zero-order valence-corrected chi connectivity index (χ0v) is 14.9. The van der Waals surface area contributed by atoms with E-state index in [9.17, 15) is 0 Å². The number of hydrogen-bond acceptors (Lipinski definition) is 7. The molecule has 130 valence electrons. The van der Waals surface area contributed by atoms with Crippen LogP contribution in [0.4, 0.5) is 0 Å². The number of benzene rings is 1. The van der Waals surface area contributed by atoms with Gasteiger partial charge in [-0.2, -0.15) is 4.68 Å². The zero-order valence-electron chi connectivity index (χ0n) is 14.1. The summed E-state index contributed by atoms with van der Waals surface area (Å²) in [4.78, 5) is 0. The van der Waals surface area contributed by atoms with Crippen LogP contribution in [0, 0.1) is 0 Å². The Labute approximate surface area is 150 Å². The summed E-state index contributed by atoms with van der Waals surface area (Å²) in [5.74, 6) is 0.786. The molecule has 0 radical (unpaired) electrons. The second kappa shape index (κ2) is 7.30.